The number of carbonyl (C=O) groups excluding carboxylic acids is 1. The molecular formula is C22H22N4O2S. The number of aryl methyl sites for hydroxylation is 2. The molecule has 6 nitrogen and oxygen atoms in total. The van der Waals surface area contributed by atoms with E-state index in [0.29, 0.717) is 17.9 Å². The Morgan fingerprint density at radius 1 is 1.17 bits per heavy atom. The highest BCUT2D eigenvalue weighted by Crippen LogP contribution is 2.26. The van der Waals surface area contributed by atoms with Crippen LogP contribution in [0.25, 0.3) is 11.0 Å². The molecule has 0 aliphatic carbocycles. The third-order valence-corrected chi connectivity index (χ3v) is 5.73. The van der Waals surface area contributed by atoms with Crippen molar-refractivity contribution in [2.24, 2.45) is 0 Å². The summed E-state index contributed by atoms with van der Waals surface area (Å²) in [6.07, 6.45) is 0. The zero-order valence-corrected chi connectivity index (χ0v) is 17.2. The first kappa shape index (κ1) is 19.3. The Morgan fingerprint density at radius 2 is 1.97 bits per heavy atom. The lowest BCUT2D eigenvalue weighted by molar-refractivity contribution is 0.0946. The second-order valence-electron chi connectivity index (χ2n) is 6.66. The molecule has 0 aliphatic rings. The average molecular weight is 407 g/mol. The van der Waals surface area contributed by atoms with Crippen LogP contribution in [0.1, 0.15) is 34.6 Å². The summed E-state index contributed by atoms with van der Waals surface area (Å²) >= 11 is 1.56. The van der Waals surface area contributed by atoms with Gasteiger partial charge in [-0.2, -0.15) is 0 Å². The van der Waals surface area contributed by atoms with Gasteiger partial charge in [-0.15, -0.1) is 11.8 Å². The fourth-order valence-electron chi connectivity index (χ4n) is 3.28. The Kier molecular flexibility index (Phi) is 5.67. The summed E-state index contributed by atoms with van der Waals surface area (Å²) < 4.78 is 7.39. The Bertz CT molecular complexity index is 1150. The van der Waals surface area contributed by atoms with E-state index in [-0.39, 0.29) is 5.91 Å². The largest absolute Gasteiger partial charge is 0.360 e. The number of hydrogen-bond donors (Lipinski definition) is 1. The highest BCUT2D eigenvalue weighted by atomic mass is 32.2. The summed E-state index contributed by atoms with van der Waals surface area (Å²) in [6.45, 7) is 5.15. The second kappa shape index (κ2) is 8.53. The van der Waals surface area contributed by atoms with Crippen molar-refractivity contribution in [3.63, 3.8) is 0 Å². The lowest BCUT2D eigenvalue weighted by atomic mass is 10.2. The quantitative estimate of drug-likeness (QED) is 0.455. The van der Waals surface area contributed by atoms with E-state index in [9.17, 15) is 4.79 Å². The number of fused-ring (bicyclic) bond motifs is 1. The van der Waals surface area contributed by atoms with Crippen molar-refractivity contribution < 1.29 is 9.32 Å². The number of benzene rings is 2. The van der Waals surface area contributed by atoms with Gasteiger partial charge in [0, 0.05) is 17.5 Å². The number of nitrogens with one attached hydrogen (secondary N) is 1. The third-order valence-electron chi connectivity index (χ3n) is 4.64. The molecule has 148 valence electrons. The summed E-state index contributed by atoms with van der Waals surface area (Å²) in [7, 11) is 0. The van der Waals surface area contributed by atoms with E-state index in [1.54, 1.807) is 11.8 Å². The summed E-state index contributed by atoms with van der Waals surface area (Å²) in [5.41, 5.74) is 3.52. The van der Waals surface area contributed by atoms with Crippen LogP contribution in [0.5, 0.6) is 0 Å². The van der Waals surface area contributed by atoms with Crippen LogP contribution in [-0.2, 0) is 18.8 Å². The predicted molar refractivity (Wildman–Crippen MR) is 114 cm³/mol. The van der Waals surface area contributed by atoms with Gasteiger partial charge in [0.2, 0.25) is 0 Å². The van der Waals surface area contributed by atoms with Gasteiger partial charge in [-0.05, 0) is 38.1 Å². The van der Waals surface area contributed by atoms with Crippen molar-refractivity contribution in [2.45, 2.75) is 37.6 Å². The number of nitrogens with zero attached hydrogens (tertiary/aromatic N) is 3. The number of amides is 1. The average Bonchev–Trinajstić information content (AvgIpc) is 3.33. The van der Waals surface area contributed by atoms with Crippen molar-refractivity contribution >= 4 is 28.7 Å². The topological polar surface area (TPSA) is 73.0 Å². The molecule has 0 saturated carbocycles. The monoisotopic (exact) mass is 406 g/mol. The molecule has 0 unspecified atom stereocenters. The van der Waals surface area contributed by atoms with Crippen LogP contribution in [0.2, 0.25) is 0 Å². The number of para-hydroxylation sites is 2. The minimum atomic E-state index is -0.114. The van der Waals surface area contributed by atoms with Crippen LogP contribution in [0.3, 0.4) is 0 Å². The molecule has 2 aromatic carbocycles. The number of carbonyl (C=O) groups is 1. The third kappa shape index (κ3) is 4.19. The fourth-order valence-corrected chi connectivity index (χ4v) is 4.21. The Hall–Kier alpha value is -3.06. The van der Waals surface area contributed by atoms with E-state index in [0.717, 1.165) is 39.8 Å². The zero-order valence-electron chi connectivity index (χ0n) is 16.4. The molecular weight excluding hydrogens is 384 g/mol. The summed E-state index contributed by atoms with van der Waals surface area (Å²) in [6, 6.07) is 17.5. The molecule has 0 radical (unpaired) electrons. The van der Waals surface area contributed by atoms with Crippen LogP contribution >= 0.6 is 11.8 Å². The molecule has 7 heteroatoms. The van der Waals surface area contributed by atoms with Crippen molar-refractivity contribution in [3.8, 4) is 0 Å². The standard InChI is InChI=1S/C22H22N4O2S/c1-3-26-19-10-6-5-9-18(19)24-21(26)13-23-22(27)17-8-4-7-11-20(17)29-14-16-12-15(2)25-28-16/h4-12H,3,13-14H2,1-2H3,(H,23,27). The van der Waals surface area contributed by atoms with E-state index in [1.165, 1.54) is 0 Å². The molecule has 0 bridgehead atoms. The van der Waals surface area contributed by atoms with E-state index < -0.39 is 0 Å². The maximum absolute atomic E-state index is 12.9. The number of thioether (sulfide) groups is 1. The highest BCUT2D eigenvalue weighted by molar-refractivity contribution is 7.98. The van der Waals surface area contributed by atoms with Crippen molar-refractivity contribution in [1.29, 1.82) is 0 Å². The van der Waals surface area contributed by atoms with E-state index in [1.807, 2.05) is 61.5 Å². The van der Waals surface area contributed by atoms with Crippen molar-refractivity contribution in [3.05, 3.63) is 77.4 Å². The number of hydrogen-bond acceptors (Lipinski definition) is 5. The molecule has 1 N–H and O–H groups in total. The maximum Gasteiger partial charge on any atom is 0.252 e. The number of aromatic nitrogens is 3. The first-order valence-electron chi connectivity index (χ1n) is 9.52. The molecule has 0 aliphatic heterocycles. The van der Waals surface area contributed by atoms with E-state index >= 15 is 0 Å². The molecule has 0 spiro atoms. The molecule has 0 atom stereocenters. The van der Waals surface area contributed by atoms with Gasteiger partial charge in [-0.25, -0.2) is 4.98 Å². The van der Waals surface area contributed by atoms with Gasteiger partial charge in [0.25, 0.3) is 5.91 Å². The second-order valence-corrected chi connectivity index (χ2v) is 7.68. The summed E-state index contributed by atoms with van der Waals surface area (Å²) in [4.78, 5) is 18.5. The molecule has 2 aromatic heterocycles. The smallest absolute Gasteiger partial charge is 0.252 e. The predicted octanol–water partition coefficient (Wildman–Crippen LogP) is 4.57. The van der Waals surface area contributed by atoms with E-state index in [2.05, 4.69) is 26.9 Å². The van der Waals surface area contributed by atoms with Gasteiger partial charge in [-0.1, -0.05) is 29.4 Å². The van der Waals surface area contributed by atoms with E-state index in [4.69, 9.17) is 4.52 Å². The molecule has 2 heterocycles. The van der Waals surface area contributed by atoms with Gasteiger partial charge < -0.3 is 14.4 Å². The molecule has 0 fully saturated rings. The molecule has 4 rings (SSSR count). The SMILES string of the molecule is CCn1c(CNC(=O)c2ccccc2SCc2cc(C)no2)nc2ccccc21. The molecule has 4 aromatic rings. The Balaban J connectivity index is 1.48. The summed E-state index contributed by atoms with van der Waals surface area (Å²) in [5.74, 6) is 2.15. The maximum atomic E-state index is 12.9. The number of imidazole rings is 1. The van der Waals surface area contributed by atoms with Crippen molar-refractivity contribution in [2.75, 3.05) is 0 Å². The van der Waals surface area contributed by atoms with Gasteiger partial charge in [0.15, 0.2) is 0 Å². The van der Waals surface area contributed by atoms with Gasteiger partial charge >= 0.3 is 0 Å². The fraction of sp³-hybridized carbons (Fsp3) is 0.227. The molecule has 29 heavy (non-hydrogen) atoms. The highest BCUT2D eigenvalue weighted by Gasteiger charge is 2.14. The Morgan fingerprint density at radius 3 is 2.76 bits per heavy atom. The molecule has 0 saturated heterocycles. The van der Waals surface area contributed by atoms with Crippen molar-refractivity contribution in [1.82, 2.24) is 20.0 Å². The van der Waals surface area contributed by atoms with Gasteiger partial charge in [0.1, 0.15) is 11.6 Å². The van der Waals surface area contributed by atoms with Crippen LogP contribution in [0.4, 0.5) is 0 Å². The lowest BCUT2D eigenvalue weighted by Crippen LogP contribution is -2.25. The molecule has 1 amide bonds. The van der Waals surface area contributed by atoms with Crippen LogP contribution in [0, 0.1) is 6.92 Å². The van der Waals surface area contributed by atoms with Gasteiger partial charge in [0.05, 0.1) is 34.6 Å². The lowest BCUT2D eigenvalue weighted by Gasteiger charge is -2.10. The van der Waals surface area contributed by atoms with Gasteiger partial charge in [-0.3, -0.25) is 4.79 Å². The minimum absolute atomic E-state index is 0.114. The van der Waals surface area contributed by atoms with Crippen LogP contribution < -0.4 is 5.32 Å². The Labute approximate surface area is 173 Å². The first-order valence-corrected chi connectivity index (χ1v) is 10.5. The van der Waals surface area contributed by atoms with Crippen LogP contribution in [-0.4, -0.2) is 20.6 Å². The van der Waals surface area contributed by atoms with Crippen LogP contribution in [0.15, 0.2) is 64.0 Å². The summed E-state index contributed by atoms with van der Waals surface area (Å²) in [5, 5.41) is 6.93. The normalized spacial score (nSPS) is 11.1. The minimum Gasteiger partial charge on any atom is -0.360 e. The first-order chi connectivity index (χ1) is 14.2. The number of rotatable bonds is 7. The zero-order chi connectivity index (χ0) is 20.2.